The highest BCUT2D eigenvalue weighted by Crippen LogP contribution is 2.23. The molecule has 1 atom stereocenters. The number of piperazine rings is 1. The second kappa shape index (κ2) is 8.57. The first-order valence-corrected chi connectivity index (χ1v) is 10.1. The first kappa shape index (κ1) is 19.3. The number of anilines is 1. The third-order valence-corrected chi connectivity index (χ3v) is 5.55. The monoisotopic (exact) mass is 394 g/mol. The summed E-state index contributed by atoms with van der Waals surface area (Å²) in [4.78, 5) is 16.2. The van der Waals surface area contributed by atoms with Gasteiger partial charge in [0.1, 0.15) is 17.1 Å². The third-order valence-electron chi connectivity index (χ3n) is 5.55. The largest absolute Gasteiger partial charge is 0.497 e. The van der Waals surface area contributed by atoms with Gasteiger partial charge in [-0.3, -0.25) is 4.79 Å². The quantitative estimate of drug-likeness (QED) is 0.672. The van der Waals surface area contributed by atoms with Crippen LogP contribution in [0.3, 0.4) is 0 Å². The summed E-state index contributed by atoms with van der Waals surface area (Å²) in [6, 6.07) is 17.9. The van der Waals surface area contributed by atoms with E-state index in [1.165, 1.54) is 10.6 Å². The standard InChI is InChI=1S/C23H27N3O3/c1-17(22-14-18-6-3-4-9-21(18)29-22)24-23(27)16-25-10-12-26(13-11-25)19-7-5-8-20(15-19)28-2/h3-9,14-15,17H,10-13,16H2,1-2H3,(H,24,27)/p+1/t17-/m0/s1. The van der Waals surface area contributed by atoms with Crippen molar-refractivity contribution in [3.8, 4) is 5.75 Å². The molecule has 4 rings (SSSR count). The van der Waals surface area contributed by atoms with E-state index in [4.69, 9.17) is 9.15 Å². The lowest BCUT2D eigenvalue weighted by Gasteiger charge is -2.33. The molecule has 1 aliphatic rings. The van der Waals surface area contributed by atoms with E-state index in [1.807, 2.05) is 49.4 Å². The minimum atomic E-state index is -0.146. The molecule has 0 radical (unpaired) electrons. The minimum absolute atomic E-state index is 0.0581. The molecular formula is C23H28N3O3+. The minimum Gasteiger partial charge on any atom is -0.497 e. The van der Waals surface area contributed by atoms with E-state index in [-0.39, 0.29) is 11.9 Å². The fourth-order valence-corrected chi connectivity index (χ4v) is 3.87. The van der Waals surface area contributed by atoms with Crippen LogP contribution in [-0.4, -0.2) is 45.7 Å². The van der Waals surface area contributed by atoms with Crippen molar-refractivity contribution >= 4 is 22.6 Å². The van der Waals surface area contributed by atoms with Crippen LogP contribution in [0.15, 0.2) is 59.0 Å². The molecule has 0 saturated carbocycles. The maximum atomic E-state index is 12.5. The number of ether oxygens (including phenoxy) is 1. The molecular weight excluding hydrogens is 366 g/mol. The van der Waals surface area contributed by atoms with Crippen LogP contribution in [-0.2, 0) is 4.79 Å². The summed E-state index contributed by atoms with van der Waals surface area (Å²) in [5, 5.41) is 4.14. The van der Waals surface area contributed by atoms with Gasteiger partial charge in [0, 0.05) is 17.1 Å². The van der Waals surface area contributed by atoms with Crippen LogP contribution in [0.1, 0.15) is 18.7 Å². The highest BCUT2D eigenvalue weighted by molar-refractivity contribution is 5.79. The Morgan fingerprint density at radius 1 is 1.17 bits per heavy atom. The SMILES string of the molecule is COc1cccc(N2CC[NH+](CC(=O)N[C@@H](C)c3cc4ccccc4o3)CC2)c1. The number of benzene rings is 2. The summed E-state index contributed by atoms with van der Waals surface area (Å²) in [5.74, 6) is 1.72. The molecule has 1 saturated heterocycles. The Bertz CT molecular complexity index is 943. The zero-order valence-electron chi connectivity index (χ0n) is 17.0. The predicted octanol–water partition coefficient (Wildman–Crippen LogP) is 2.02. The third kappa shape index (κ3) is 4.54. The van der Waals surface area contributed by atoms with Gasteiger partial charge in [0.05, 0.1) is 39.3 Å². The van der Waals surface area contributed by atoms with Crippen LogP contribution in [0.5, 0.6) is 5.75 Å². The van der Waals surface area contributed by atoms with Gasteiger partial charge in [-0.2, -0.15) is 0 Å². The first-order valence-electron chi connectivity index (χ1n) is 10.1. The summed E-state index contributed by atoms with van der Waals surface area (Å²) in [6.45, 7) is 6.17. The molecule has 2 aromatic carbocycles. The van der Waals surface area contributed by atoms with Gasteiger partial charge in [0.25, 0.3) is 5.91 Å². The highest BCUT2D eigenvalue weighted by atomic mass is 16.5. The number of methoxy groups -OCH3 is 1. The van der Waals surface area contributed by atoms with Crippen LogP contribution in [0.25, 0.3) is 11.0 Å². The smallest absolute Gasteiger partial charge is 0.275 e. The van der Waals surface area contributed by atoms with Crippen molar-refractivity contribution in [1.29, 1.82) is 0 Å². The number of nitrogens with one attached hydrogen (secondary N) is 2. The molecule has 1 aromatic heterocycles. The Morgan fingerprint density at radius 2 is 1.97 bits per heavy atom. The molecule has 29 heavy (non-hydrogen) atoms. The first-order chi connectivity index (χ1) is 14.1. The topological polar surface area (TPSA) is 59.2 Å². The zero-order valence-corrected chi connectivity index (χ0v) is 17.0. The lowest BCUT2D eigenvalue weighted by molar-refractivity contribution is -0.892. The summed E-state index contributed by atoms with van der Waals surface area (Å²) < 4.78 is 11.2. The molecule has 2 heterocycles. The predicted molar refractivity (Wildman–Crippen MR) is 114 cm³/mol. The summed E-state index contributed by atoms with van der Waals surface area (Å²) >= 11 is 0. The van der Waals surface area contributed by atoms with Gasteiger partial charge in [-0.25, -0.2) is 0 Å². The maximum Gasteiger partial charge on any atom is 0.275 e. The second-order valence-corrected chi connectivity index (χ2v) is 7.59. The highest BCUT2D eigenvalue weighted by Gasteiger charge is 2.24. The summed E-state index contributed by atoms with van der Waals surface area (Å²) in [7, 11) is 1.69. The molecule has 0 spiro atoms. The van der Waals surface area contributed by atoms with Crippen molar-refractivity contribution in [2.75, 3.05) is 44.7 Å². The van der Waals surface area contributed by atoms with Crippen molar-refractivity contribution < 1.29 is 18.8 Å². The van der Waals surface area contributed by atoms with Crippen molar-refractivity contribution in [1.82, 2.24) is 5.32 Å². The number of fused-ring (bicyclic) bond motifs is 1. The van der Waals surface area contributed by atoms with Gasteiger partial charge in [-0.1, -0.05) is 24.3 Å². The molecule has 6 nitrogen and oxygen atoms in total. The van der Waals surface area contributed by atoms with Crippen LogP contribution in [0.2, 0.25) is 0 Å². The summed E-state index contributed by atoms with van der Waals surface area (Å²) in [6.07, 6.45) is 0. The van der Waals surface area contributed by atoms with E-state index in [2.05, 4.69) is 22.3 Å². The van der Waals surface area contributed by atoms with Crippen LogP contribution in [0.4, 0.5) is 5.69 Å². The average Bonchev–Trinajstić information content (AvgIpc) is 3.19. The maximum absolute atomic E-state index is 12.5. The lowest BCUT2D eigenvalue weighted by atomic mass is 10.2. The molecule has 3 aromatic rings. The fraction of sp³-hybridized carbons (Fsp3) is 0.348. The molecule has 152 valence electrons. The van der Waals surface area contributed by atoms with E-state index < -0.39 is 0 Å². The fourth-order valence-electron chi connectivity index (χ4n) is 3.87. The average molecular weight is 394 g/mol. The van der Waals surface area contributed by atoms with Crippen molar-refractivity contribution in [3.63, 3.8) is 0 Å². The zero-order chi connectivity index (χ0) is 20.2. The number of nitrogens with zero attached hydrogens (tertiary/aromatic N) is 1. The van der Waals surface area contributed by atoms with Gasteiger partial charge in [0.15, 0.2) is 6.54 Å². The molecule has 1 amide bonds. The Morgan fingerprint density at radius 3 is 2.72 bits per heavy atom. The number of hydrogen-bond donors (Lipinski definition) is 2. The Balaban J connectivity index is 1.28. The number of carbonyl (C=O) groups is 1. The number of carbonyl (C=O) groups excluding carboxylic acids is 1. The Kier molecular flexibility index (Phi) is 5.71. The van der Waals surface area contributed by atoms with Gasteiger partial charge in [-0.05, 0) is 31.2 Å². The molecule has 0 unspecified atom stereocenters. The number of hydrogen-bond acceptors (Lipinski definition) is 4. The normalized spacial score (nSPS) is 16.0. The Labute approximate surface area is 171 Å². The molecule has 1 aliphatic heterocycles. The number of rotatable bonds is 6. The van der Waals surface area contributed by atoms with E-state index in [1.54, 1.807) is 7.11 Å². The van der Waals surface area contributed by atoms with Gasteiger partial charge in [0.2, 0.25) is 0 Å². The number of quaternary nitrogens is 1. The van der Waals surface area contributed by atoms with E-state index in [9.17, 15) is 4.79 Å². The van der Waals surface area contributed by atoms with Crippen molar-refractivity contribution in [2.45, 2.75) is 13.0 Å². The van der Waals surface area contributed by atoms with Crippen LogP contribution < -0.4 is 19.9 Å². The van der Waals surface area contributed by atoms with Crippen LogP contribution in [0, 0.1) is 0 Å². The second-order valence-electron chi connectivity index (χ2n) is 7.59. The van der Waals surface area contributed by atoms with Crippen molar-refractivity contribution in [3.05, 3.63) is 60.4 Å². The molecule has 2 N–H and O–H groups in total. The van der Waals surface area contributed by atoms with Crippen molar-refractivity contribution in [2.24, 2.45) is 0 Å². The lowest BCUT2D eigenvalue weighted by Crippen LogP contribution is -3.15. The van der Waals surface area contributed by atoms with E-state index in [0.29, 0.717) is 6.54 Å². The van der Waals surface area contributed by atoms with Crippen LogP contribution >= 0.6 is 0 Å². The summed E-state index contributed by atoms with van der Waals surface area (Å²) in [5.41, 5.74) is 2.02. The van der Waals surface area contributed by atoms with Gasteiger partial charge < -0.3 is 24.3 Å². The molecule has 0 bridgehead atoms. The Hall–Kier alpha value is -2.99. The molecule has 6 heteroatoms. The van der Waals surface area contributed by atoms with E-state index >= 15 is 0 Å². The van der Waals surface area contributed by atoms with Gasteiger partial charge >= 0.3 is 0 Å². The molecule has 0 aliphatic carbocycles. The van der Waals surface area contributed by atoms with E-state index in [0.717, 1.165) is 48.7 Å². The van der Waals surface area contributed by atoms with Gasteiger partial charge in [-0.15, -0.1) is 0 Å². The number of furan rings is 1. The number of amides is 1. The number of para-hydroxylation sites is 1. The molecule has 1 fully saturated rings.